The first-order chi connectivity index (χ1) is 17.0. The number of nitrogens with zero attached hydrogens (tertiary/aromatic N) is 1. The maximum absolute atomic E-state index is 13.2. The number of para-hydroxylation sites is 2. The molecule has 5 rings (SSSR count). The first-order valence-corrected chi connectivity index (χ1v) is 10.8. The summed E-state index contributed by atoms with van der Waals surface area (Å²) in [5.41, 5.74) is 0.980. The zero-order chi connectivity index (χ0) is 24.4. The number of rotatable bonds is 6. The van der Waals surface area contributed by atoms with E-state index >= 15 is 0 Å². The molecule has 0 radical (unpaired) electrons. The second-order valence-corrected chi connectivity index (χ2v) is 7.73. The second-order valence-electron chi connectivity index (χ2n) is 7.73. The molecule has 1 aliphatic rings. The fourth-order valence-electron chi connectivity index (χ4n) is 3.92. The van der Waals surface area contributed by atoms with Gasteiger partial charge in [0.25, 0.3) is 11.5 Å². The van der Waals surface area contributed by atoms with E-state index in [2.05, 4.69) is 10.6 Å². The molecule has 0 spiro atoms. The van der Waals surface area contributed by atoms with E-state index in [1.807, 2.05) is 0 Å². The molecular formula is C26H21N3O6. The molecule has 35 heavy (non-hydrogen) atoms. The van der Waals surface area contributed by atoms with E-state index < -0.39 is 11.8 Å². The van der Waals surface area contributed by atoms with Crippen LogP contribution in [0.15, 0.2) is 77.7 Å². The highest BCUT2D eigenvalue weighted by Crippen LogP contribution is 2.34. The number of amides is 2. The van der Waals surface area contributed by atoms with Crippen LogP contribution >= 0.6 is 0 Å². The zero-order valence-corrected chi connectivity index (χ0v) is 18.7. The van der Waals surface area contributed by atoms with Crippen LogP contribution < -0.4 is 30.4 Å². The first kappa shape index (κ1) is 22.0. The normalized spacial score (nSPS) is 11.8. The molecule has 9 heteroatoms. The Morgan fingerprint density at radius 2 is 1.71 bits per heavy atom. The number of hydrogen-bond acceptors (Lipinski definition) is 6. The van der Waals surface area contributed by atoms with Crippen molar-refractivity contribution in [2.75, 3.05) is 25.8 Å². The molecule has 3 aromatic carbocycles. The van der Waals surface area contributed by atoms with Gasteiger partial charge in [0, 0.05) is 28.7 Å². The highest BCUT2D eigenvalue weighted by Gasteiger charge is 2.18. The van der Waals surface area contributed by atoms with Crippen LogP contribution in [0.1, 0.15) is 10.4 Å². The number of hydrogen-bond donors (Lipinski definition) is 2. The van der Waals surface area contributed by atoms with Gasteiger partial charge in [-0.3, -0.25) is 19.0 Å². The van der Waals surface area contributed by atoms with Crippen molar-refractivity contribution in [3.05, 3.63) is 88.8 Å². The lowest BCUT2D eigenvalue weighted by Crippen LogP contribution is -2.34. The number of benzene rings is 3. The largest absolute Gasteiger partial charge is 0.495 e. The van der Waals surface area contributed by atoms with Crippen LogP contribution in [0.3, 0.4) is 0 Å². The number of anilines is 1. The molecule has 4 aromatic rings. The van der Waals surface area contributed by atoms with E-state index in [9.17, 15) is 14.4 Å². The van der Waals surface area contributed by atoms with Crippen LogP contribution in [0.25, 0.3) is 16.5 Å². The van der Waals surface area contributed by atoms with Crippen molar-refractivity contribution in [3.63, 3.8) is 0 Å². The number of aromatic nitrogens is 1. The maximum Gasteiger partial charge on any atom is 0.263 e. The predicted octanol–water partition coefficient (Wildman–Crippen LogP) is 3.10. The molecule has 0 aliphatic carbocycles. The summed E-state index contributed by atoms with van der Waals surface area (Å²) in [4.78, 5) is 38.8. The van der Waals surface area contributed by atoms with Crippen molar-refractivity contribution in [1.82, 2.24) is 9.88 Å². The average molecular weight is 471 g/mol. The van der Waals surface area contributed by atoms with Gasteiger partial charge in [-0.25, -0.2) is 0 Å². The lowest BCUT2D eigenvalue weighted by molar-refractivity contribution is -0.115. The van der Waals surface area contributed by atoms with Gasteiger partial charge in [-0.1, -0.05) is 30.3 Å². The molecule has 0 bridgehead atoms. The molecule has 1 aliphatic heterocycles. The summed E-state index contributed by atoms with van der Waals surface area (Å²) in [6.07, 6.45) is 1.47. The van der Waals surface area contributed by atoms with E-state index in [4.69, 9.17) is 14.2 Å². The number of carbonyl (C=O) groups is 2. The van der Waals surface area contributed by atoms with Crippen LogP contribution in [-0.2, 0) is 4.79 Å². The molecule has 2 N–H and O–H groups in total. The third-order valence-electron chi connectivity index (χ3n) is 5.58. The van der Waals surface area contributed by atoms with Crippen molar-refractivity contribution >= 4 is 28.3 Å². The molecule has 2 heterocycles. The van der Waals surface area contributed by atoms with Crippen molar-refractivity contribution in [2.24, 2.45) is 0 Å². The number of pyridine rings is 1. The van der Waals surface area contributed by atoms with Crippen LogP contribution in [0, 0.1) is 0 Å². The second kappa shape index (κ2) is 9.22. The van der Waals surface area contributed by atoms with Gasteiger partial charge in [-0.2, -0.15) is 0 Å². The quantitative estimate of drug-likeness (QED) is 0.448. The van der Waals surface area contributed by atoms with Crippen molar-refractivity contribution in [1.29, 1.82) is 0 Å². The van der Waals surface area contributed by atoms with E-state index in [-0.39, 0.29) is 24.5 Å². The van der Waals surface area contributed by atoms with E-state index in [1.54, 1.807) is 66.7 Å². The number of methoxy groups -OCH3 is 1. The van der Waals surface area contributed by atoms with Crippen LogP contribution in [0.5, 0.6) is 17.2 Å². The summed E-state index contributed by atoms with van der Waals surface area (Å²) in [7, 11) is 1.51. The lowest BCUT2D eigenvalue weighted by atomic mass is 10.1. The van der Waals surface area contributed by atoms with Crippen molar-refractivity contribution in [3.8, 4) is 22.9 Å². The number of fused-ring (bicyclic) bond motifs is 2. The highest BCUT2D eigenvalue weighted by atomic mass is 16.7. The minimum atomic E-state index is -0.495. The summed E-state index contributed by atoms with van der Waals surface area (Å²) < 4.78 is 17.4. The summed E-state index contributed by atoms with van der Waals surface area (Å²) >= 11 is 0. The highest BCUT2D eigenvalue weighted by molar-refractivity contribution is 6.08. The van der Waals surface area contributed by atoms with Crippen LogP contribution in [0.4, 0.5) is 5.69 Å². The fourth-order valence-corrected chi connectivity index (χ4v) is 3.92. The topological polar surface area (TPSA) is 108 Å². The molecule has 0 fully saturated rings. The third-order valence-corrected chi connectivity index (χ3v) is 5.58. The van der Waals surface area contributed by atoms with Gasteiger partial charge >= 0.3 is 0 Å². The van der Waals surface area contributed by atoms with Gasteiger partial charge in [-0.05, 0) is 30.3 Å². The van der Waals surface area contributed by atoms with Crippen LogP contribution in [-0.4, -0.2) is 36.8 Å². The minimum Gasteiger partial charge on any atom is -0.495 e. The predicted molar refractivity (Wildman–Crippen MR) is 130 cm³/mol. The molecule has 2 amide bonds. The molecule has 9 nitrogen and oxygen atoms in total. The SMILES string of the molecule is COc1ccccc1-n1cc(C(=O)NCC(=O)Nc2ccc3c(c2)OCO3)c2ccccc2c1=O. The van der Waals surface area contributed by atoms with Gasteiger partial charge in [0.15, 0.2) is 11.5 Å². The van der Waals surface area contributed by atoms with Crippen molar-refractivity contribution in [2.45, 2.75) is 0 Å². The molecule has 0 atom stereocenters. The number of ether oxygens (including phenoxy) is 3. The number of carbonyl (C=O) groups excluding carboxylic acids is 2. The Hall–Kier alpha value is -4.79. The number of nitrogens with one attached hydrogen (secondary N) is 2. The Morgan fingerprint density at radius 3 is 2.54 bits per heavy atom. The van der Waals surface area contributed by atoms with Gasteiger partial charge in [-0.15, -0.1) is 0 Å². The fraction of sp³-hybridized carbons (Fsp3) is 0.115. The molecule has 0 saturated heterocycles. The average Bonchev–Trinajstić information content (AvgIpc) is 3.36. The van der Waals surface area contributed by atoms with Gasteiger partial charge in [0.05, 0.1) is 24.9 Å². The van der Waals surface area contributed by atoms with Crippen molar-refractivity contribution < 1.29 is 23.8 Å². The summed E-state index contributed by atoms with van der Waals surface area (Å²) in [5.74, 6) is 0.717. The summed E-state index contributed by atoms with van der Waals surface area (Å²) in [6, 6.07) is 18.9. The Balaban J connectivity index is 1.41. The van der Waals surface area contributed by atoms with Gasteiger partial charge in [0.2, 0.25) is 12.7 Å². The molecule has 176 valence electrons. The molecule has 1 aromatic heterocycles. The Labute approximate surface area is 199 Å². The Bertz CT molecular complexity index is 1510. The molecule has 0 saturated carbocycles. The first-order valence-electron chi connectivity index (χ1n) is 10.8. The van der Waals surface area contributed by atoms with E-state index in [0.717, 1.165) is 0 Å². The monoisotopic (exact) mass is 471 g/mol. The lowest BCUT2D eigenvalue weighted by Gasteiger charge is -2.15. The maximum atomic E-state index is 13.2. The Kier molecular flexibility index (Phi) is 5.80. The summed E-state index contributed by atoms with van der Waals surface area (Å²) in [5, 5.41) is 6.21. The smallest absolute Gasteiger partial charge is 0.263 e. The third kappa shape index (κ3) is 4.26. The zero-order valence-electron chi connectivity index (χ0n) is 18.7. The molecule has 0 unspecified atom stereocenters. The Morgan fingerprint density at radius 1 is 0.971 bits per heavy atom. The minimum absolute atomic E-state index is 0.133. The van der Waals surface area contributed by atoms with E-state index in [1.165, 1.54) is 17.9 Å². The standard InChI is InChI=1S/C26H21N3O6/c1-33-21-9-5-4-8-20(21)29-14-19(17-6-2-3-7-18(17)26(29)32)25(31)27-13-24(30)28-16-10-11-22-23(12-16)35-15-34-22/h2-12,14H,13,15H2,1H3,(H,27,31)(H,28,30). The summed E-state index contributed by atoms with van der Waals surface area (Å²) in [6.45, 7) is -0.136. The van der Waals surface area contributed by atoms with Gasteiger partial charge < -0.3 is 24.8 Å². The molecular weight excluding hydrogens is 450 g/mol. The van der Waals surface area contributed by atoms with Crippen LogP contribution in [0.2, 0.25) is 0 Å². The van der Waals surface area contributed by atoms with Gasteiger partial charge in [0.1, 0.15) is 5.75 Å². The van der Waals surface area contributed by atoms with E-state index in [0.29, 0.717) is 39.4 Å².